The van der Waals surface area contributed by atoms with Gasteiger partial charge in [0, 0.05) is 26.1 Å². The Morgan fingerprint density at radius 3 is 1.71 bits per heavy atom. The smallest absolute Gasteiger partial charge is 0.245 e. The Hall–Kier alpha value is -10.6. The van der Waals surface area contributed by atoms with Crippen molar-refractivity contribution in [2.75, 3.05) is 45.8 Å². The van der Waals surface area contributed by atoms with Gasteiger partial charge in [0.25, 0.3) is 0 Å². The summed E-state index contributed by atoms with van der Waals surface area (Å²) in [6.07, 6.45) is -0.817. The molecule has 0 bridgehead atoms. The number of nitrogens with zero attached hydrogens (tertiary/aromatic N) is 2. The molecule has 2 aromatic rings. The van der Waals surface area contributed by atoms with Crippen molar-refractivity contribution in [3.05, 3.63) is 71.8 Å². The summed E-state index contributed by atoms with van der Waals surface area (Å²) < 4.78 is 0. The number of benzene rings is 2. The fraction of sp³-hybridized carbons (Fsp3) is 0.576. The van der Waals surface area contributed by atoms with Gasteiger partial charge in [-0.15, -0.1) is 0 Å². The third-order valence-corrected chi connectivity index (χ3v) is 16.2. The number of carbonyl (C=O) groups excluding carboxylic acids is 14. The van der Waals surface area contributed by atoms with Crippen LogP contribution in [0.4, 0.5) is 0 Å². The molecule has 38 nitrogen and oxygen atoms in total. The Kier molecular flexibility index (Phi) is 40.1. The van der Waals surface area contributed by atoms with Crippen molar-refractivity contribution in [1.82, 2.24) is 69.1 Å². The fourth-order valence-electron chi connectivity index (χ4n) is 10.4. The van der Waals surface area contributed by atoms with Crippen LogP contribution in [0, 0.1) is 0 Å². The molecule has 0 radical (unpaired) electrons. The lowest BCUT2D eigenvalue weighted by atomic mass is 10.0. The summed E-state index contributed by atoms with van der Waals surface area (Å²) in [5, 5.41) is 43.7. The van der Waals surface area contributed by atoms with Crippen LogP contribution >= 0.6 is 0 Å². The van der Waals surface area contributed by atoms with E-state index in [0.717, 1.165) is 12.5 Å². The topological polar surface area (TPSA) is 648 Å². The summed E-state index contributed by atoms with van der Waals surface area (Å²) in [7, 11) is 0. The maximum absolute atomic E-state index is 14.4. The predicted molar refractivity (Wildman–Crippen MR) is 383 cm³/mol. The largest absolute Gasteiger partial charge is 0.391 e. The van der Waals surface area contributed by atoms with Crippen LogP contribution in [0.5, 0.6) is 0 Å². The molecule has 2 aromatic carbocycles. The van der Waals surface area contributed by atoms with Crippen molar-refractivity contribution in [2.45, 2.75) is 196 Å². The molecule has 0 spiro atoms. The number of carbonyl (C=O) groups is 14. The Labute approximate surface area is 603 Å². The predicted octanol–water partition coefficient (Wildman–Crippen LogP) is -8.16. The number of hydrogen-bond donors (Lipinski definition) is 22. The van der Waals surface area contributed by atoms with Gasteiger partial charge >= 0.3 is 0 Å². The SMILES string of the molecule is C[C@H](NC(=O)[C@@H]1CCCCNC(=O)C[C@H](NC(=O)[C@@H](NC(=O)[C@H](Cc2ccccc2)NC(=O)CNC(=O)CNC(=O)[C@@H](N)Cc2ccccc2)[C@@H](C)O)C(=O)N[C@@H](C)C(=O)N[C@@H](CCCN=C(N)N)C(=O)N[C@@H](CCCCN)C(=O)N1)C(=O)N[C@@H](CCCN=C(N)N)C(=O)N[C@@H](CCCCN)C(N)=O. The van der Waals surface area contributed by atoms with Gasteiger partial charge in [0.1, 0.15) is 60.4 Å². The second-order valence-electron chi connectivity index (χ2n) is 25.1. The van der Waals surface area contributed by atoms with Crippen molar-refractivity contribution in [2.24, 2.45) is 55.9 Å². The number of nitrogens with two attached hydrogens (primary N) is 8. The average molecular weight is 1460 g/mol. The minimum absolute atomic E-state index is 0.0316. The van der Waals surface area contributed by atoms with Crippen LogP contribution in [0.25, 0.3) is 0 Å². The van der Waals surface area contributed by atoms with E-state index in [9.17, 15) is 72.2 Å². The van der Waals surface area contributed by atoms with Crippen LogP contribution in [0.3, 0.4) is 0 Å². The van der Waals surface area contributed by atoms with E-state index in [1.165, 1.54) is 13.8 Å². The van der Waals surface area contributed by atoms with Gasteiger partial charge in [-0.1, -0.05) is 60.7 Å². The highest BCUT2D eigenvalue weighted by molar-refractivity contribution is 6.00. The molecular formula is C66H107N23O15. The number of amides is 14. The quantitative estimate of drug-likeness (QED) is 0.0169. The Bertz CT molecular complexity index is 3230. The van der Waals surface area contributed by atoms with Crippen molar-refractivity contribution >= 4 is 94.6 Å². The minimum atomic E-state index is -1.90. The molecule has 0 unspecified atom stereocenters. The maximum atomic E-state index is 14.4. The lowest BCUT2D eigenvalue weighted by Gasteiger charge is -2.28. The Balaban J connectivity index is 1.96. The summed E-state index contributed by atoms with van der Waals surface area (Å²) >= 11 is 0. The maximum Gasteiger partial charge on any atom is 0.245 e. The zero-order chi connectivity index (χ0) is 77.3. The number of aliphatic hydroxyl groups excluding tert-OH is 1. The number of guanidine groups is 2. The molecule has 576 valence electrons. The molecule has 14 amide bonds. The lowest BCUT2D eigenvalue weighted by Crippen LogP contribution is -2.62. The van der Waals surface area contributed by atoms with Gasteiger partial charge in [0.05, 0.1) is 31.7 Å². The van der Waals surface area contributed by atoms with Crippen LogP contribution in [0.15, 0.2) is 70.6 Å². The molecule has 3 rings (SSSR count). The molecule has 1 aliphatic heterocycles. The van der Waals surface area contributed by atoms with Crippen LogP contribution in [0.1, 0.15) is 122 Å². The van der Waals surface area contributed by atoms with Gasteiger partial charge in [-0.2, -0.15) is 0 Å². The first-order valence-electron chi connectivity index (χ1n) is 34.6. The summed E-state index contributed by atoms with van der Waals surface area (Å²) in [4.78, 5) is 201. The molecule has 12 atom stereocenters. The third-order valence-electron chi connectivity index (χ3n) is 16.2. The van der Waals surface area contributed by atoms with Crippen LogP contribution < -0.4 is 115 Å². The highest BCUT2D eigenvalue weighted by atomic mass is 16.3. The molecule has 30 N–H and O–H groups in total. The molecule has 1 saturated heterocycles. The molecule has 0 aromatic heterocycles. The molecule has 1 fully saturated rings. The van der Waals surface area contributed by atoms with E-state index in [2.05, 4.69) is 79.1 Å². The summed E-state index contributed by atoms with van der Waals surface area (Å²) in [6.45, 7) is 2.81. The third kappa shape index (κ3) is 34.4. The molecule has 1 aliphatic rings. The van der Waals surface area contributed by atoms with Gasteiger partial charge in [-0.25, -0.2) is 0 Å². The van der Waals surface area contributed by atoms with E-state index in [1.54, 1.807) is 60.7 Å². The summed E-state index contributed by atoms with van der Waals surface area (Å²) in [5.74, 6) is -13.2. The first-order valence-corrected chi connectivity index (χ1v) is 34.6. The van der Waals surface area contributed by atoms with Crippen molar-refractivity contribution in [3.63, 3.8) is 0 Å². The second-order valence-corrected chi connectivity index (χ2v) is 25.1. The van der Waals surface area contributed by atoms with Crippen LogP contribution in [-0.2, 0) is 80.0 Å². The Morgan fingerprint density at radius 2 is 1.11 bits per heavy atom. The lowest BCUT2D eigenvalue weighted by molar-refractivity contribution is -0.137. The number of nitrogens with one attached hydrogen (secondary N) is 13. The average Bonchev–Trinajstić information content (AvgIpc) is 0.859. The molecule has 38 heteroatoms. The molecular weight excluding hydrogens is 1350 g/mol. The zero-order valence-electron chi connectivity index (χ0n) is 59.1. The Morgan fingerprint density at radius 1 is 0.558 bits per heavy atom. The van der Waals surface area contributed by atoms with E-state index in [0.29, 0.717) is 31.4 Å². The van der Waals surface area contributed by atoms with E-state index in [1.807, 2.05) is 0 Å². The van der Waals surface area contributed by atoms with E-state index in [-0.39, 0.29) is 115 Å². The number of rotatable bonds is 38. The minimum Gasteiger partial charge on any atom is -0.391 e. The van der Waals surface area contributed by atoms with Gasteiger partial charge < -0.3 is 120 Å². The van der Waals surface area contributed by atoms with Crippen molar-refractivity contribution < 1.29 is 72.2 Å². The van der Waals surface area contributed by atoms with E-state index >= 15 is 0 Å². The first kappa shape index (κ1) is 87.6. The summed E-state index contributed by atoms with van der Waals surface area (Å²) in [6, 6.07) is 1.30. The summed E-state index contributed by atoms with van der Waals surface area (Å²) in [5.41, 5.74) is 46.4. The monoisotopic (exact) mass is 1460 g/mol. The molecule has 104 heavy (non-hydrogen) atoms. The van der Waals surface area contributed by atoms with Gasteiger partial charge in [-0.05, 0) is 135 Å². The molecule has 0 saturated carbocycles. The van der Waals surface area contributed by atoms with Crippen LogP contribution in [0.2, 0.25) is 0 Å². The fourth-order valence-corrected chi connectivity index (χ4v) is 10.4. The number of aliphatic imine (C=N–C) groups is 2. The molecule has 1 heterocycles. The molecule has 0 aliphatic carbocycles. The standard InChI is InChI=1S/C66H107N23O15/c1-37(55(95)84-46(25-16-30-76-65(71)72)59(99)83-43(54(70)94)22-10-13-27-67)80-58(98)44-24-12-15-29-75-50(91)34-49(62(102)81-38(2)56(96)85-47(26-17-31-77-66(73)74)61(101)87-45(60(100)86-44)23-11-14-28-68)88-64(104)53(39(3)90)89-63(103)48(33-41-20-8-5-9-21-41)82-52(93)36-78-51(92)35-79-57(97)42(69)32-40-18-6-4-7-19-40/h4-9,18-21,37-39,42-49,53,90H,10-17,22-36,67-69H2,1-3H3,(H2,70,94)(H,75,91)(H,78,92)(H,79,97)(H,80,98)(H,81,102)(H,82,93)(H,83,99)(H,84,95)(H,85,96)(H,86,100)(H,87,101)(H,88,104)(H,89,103)(H4,71,72,76)(H4,73,74,77)/t37-,38-,39+,42-,43-,44-,45-,46-,47-,48-,49-,53-/m0/s1. The van der Waals surface area contributed by atoms with E-state index < -0.39 is 175 Å². The van der Waals surface area contributed by atoms with Gasteiger partial charge in [-0.3, -0.25) is 77.1 Å². The number of aliphatic hydroxyl groups is 1. The highest BCUT2D eigenvalue weighted by Crippen LogP contribution is 2.12. The van der Waals surface area contributed by atoms with Crippen LogP contribution in [-0.4, -0.2) is 218 Å². The van der Waals surface area contributed by atoms with Crippen molar-refractivity contribution in [3.8, 4) is 0 Å². The van der Waals surface area contributed by atoms with Gasteiger partial charge in [0.2, 0.25) is 82.7 Å². The van der Waals surface area contributed by atoms with Gasteiger partial charge in [0.15, 0.2) is 11.9 Å². The normalized spacial score (nSPS) is 18.9. The second kappa shape index (κ2) is 47.6. The zero-order valence-corrected chi connectivity index (χ0v) is 59.1. The highest BCUT2D eigenvalue weighted by Gasteiger charge is 2.37. The van der Waals surface area contributed by atoms with Crippen molar-refractivity contribution in [1.29, 1.82) is 0 Å². The van der Waals surface area contributed by atoms with E-state index in [4.69, 9.17) is 45.9 Å². The first-order chi connectivity index (χ1) is 49.4. The number of primary amides is 1. The number of hydrogen-bond acceptors (Lipinski definition) is 20. The number of unbranched alkanes of at least 4 members (excludes halogenated alkanes) is 2.